The zero-order valence-corrected chi connectivity index (χ0v) is 14.6. The topological polar surface area (TPSA) is 57.6 Å². The summed E-state index contributed by atoms with van der Waals surface area (Å²) < 4.78 is 196. The predicted molar refractivity (Wildman–Crippen MR) is 68.1 cm³/mol. The van der Waals surface area contributed by atoms with Crippen molar-refractivity contribution in [2.75, 3.05) is 6.54 Å². The van der Waals surface area contributed by atoms with Crippen LogP contribution in [0.2, 0.25) is 0 Å². The van der Waals surface area contributed by atoms with Crippen LogP contribution in [0, 0.1) is 0 Å². The van der Waals surface area contributed by atoms with Crippen molar-refractivity contribution in [3.05, 3.63) is 0 Å². The number of hydrogen-bond acceptors (Lipinski definition) is 2. The first-order chi connectivity index (χ1) is 13.8. The Bertz CT molecular complexity index is 760. The highest BCUT2D eigenvalue weighted by Crippen LogP contribution is 2.62. The van der Waals surface area contributed by atoms with Crippen LogP contribution in [0.25, 0.3) is 0 Å². The molecule has 1 saturated heterocycles. The van der Waals surface area contributed by atoms with Crippen molar-refractivity contribution in [3.63, 3.8) is 0 Å². The lowest BCUT2D eigenvalue weighted by atomic mass is 9.90. The molecule has 1 aliphatic heterocycles. The second kappa shape index (κ2) is 7.46. The molecule has 1 N–H and O–H groups in total. The molecule has 0 aromatic heterocycles. The minimum atomic E-state index is -8.51. The highest BCUT2D eigenvalue weighted by molar-refractivity contribution is 5.89. The van der Waals surface area contributed by atoms with Crippen molar-refractivity contribution in [2.24, 2.45) is 0 Å². The number of aliphatic carboxylic acids is 1. The molecule has 19 heteroatoms. The fourth-order valence-electron chi connectivity index (χ4n) is 2.55. The van der Waals surface area contributed by atoms with Gasteiger partial charge < -0.3 is 10.0 Å². The predicted octanol–water partition coefficient (Wildman–Crippen LogP) is 4.44. The summed E-state index contributed by atoms with van der Waals surface area (Å²) >= 11 is 0. The lowest BCUT2D eigenvalue weighted by molar-refractivity contribution is -0.449. The van der Waals surface area contributed by atoms with Gasteiger partial charge >= 0.3 is 53.6 Å². The van der Waals surface area contributed by atoms with Gasteiger partial charge in [0.1, 0.15) is 6.04 Å². The Morgan fingerprint density at radius 1 is 0.656 bits per heavy atom. The molecule has 1 fully saturated rings. The maximum atomic E-state index is 13.8. The standard InChI is InChI=1S/C13H8F15NO3/c14-7(15,6(32)29-3-1-2-4(29)5(30)31)8(16,17)9(18,19)10(20,21)11(22,23)12(24,25)13(26,27)28/h4H,1-3H2,(H,30,31)/t4-/m0/s1. The highest BCUT2D eigenvalue weighted by Gasteiger charge is 2.94. The average Bonchev–Trinajstić information content (AvgIpc) is 3.08. The van der Waals surface area contributed by atoms with Crippen LogP contribution >= 0.6 is 0 Å². The summed E-state index contributed by atoms with van der Waals surface area (Å²) in [6.45, 7) is -1.13. The molecule has 0 spiro atoms. The first-order valence-electron chi connectivity index (χ1n) is 7.71. The Hall–Kier alpha value is -2.11. The Morgan fingerprint density at radius 2 is 1.03 bits per heavy atom. The van der Waals surface area contributed by atoms with Crippen LogP contribution in [0.5, 0.6) is 0 Å². The van der Waals surface area contributed by atoms with Crippen molar-refractivity contribution in [1.82, 2.24) is 4.90 Å². The number of carbonyl (C=O) groups is 2. The summed E-state index contributed by atoms with van der Waals surface area (Å²) in [5, 5.41) is 8.68. The Labute approximate surface area is 165 Å². The number of carboxylic acids is 1. The van der Waals surface area contributed by atoms with Crippen LogP contribution < -0.4 is 0 Å². The van der Waals surface area contributed by atoms with E-state index in [2.05, 4.69) is 0 Å². The zero-order valence-electron chi connectivity index (χ0n) is 14.6. The van der Waals surface area contributed by atoms with E-state index in [4.69, 9.17) is 5.11 Å². The summed E-state index contributed by atoms with van der Waals surface area (Å²) in [4.78, 5) is 21.6. The fourth-order valence-corrected chi connectivity index (χ4v) is 2.55. The maximum Gasteiger partial charge on any atom is 0.460 e. The number of halogens is 15. The maximum absolute atomic E-state index is 13.8. The van der Waals surface area contributed by atoms with Crippen LogP contribution in [0.3, 0.4) is 0 Å². The van der Waals surface area contributed by atoms with E-state index in [1.807, 2.05) is 0 Å². The van der Waals surface area contributed by atoms with E-state index in [0.717, 1.165) is 0 Å². The van der Waals surface area contributed by atoms with E-state index in [1.54, 1.807) is 0 Å². The third-order valence-corrected chi connectivity index (χ3v) is 4.40. The van der Waals surface area contributed by atoms with Crippen molar-refractivity contribution in [1.29, 1.82) is 0 Å². The van der Waals surface area contributed by atoms with Crippen LogP contribution in [0.1, 0.15) is 12.8 Å². The van der Waals surface area contributed by atoms with Crippen molar-refractivity contribution < 1.29 is 80.6 Å². The van der Waals surface area contributed by atoms with E-state index in [9.17, 15) is 75.4 Å². The van der Waals surface area contributed by atoms with Gasteiger partial charge in [0.05, 0.1) is 0 Å². The SMILES string of the molecule is O=C(O)[C@@H]1CCCN1C(=O)C(F)(F)C(F)(F)C(F)(F)C(F)(F)C(F)(F)C(F)(F)C(F)(F)F. The number of carbonyl (C=O) groups excluding carboxylic acids is 1. The summed E-state index contributed by atoms with van der Waals surface area (Å²) in [5.41, 5.74) is 0. The number of amides is 1. The lowest BCUT2D eigenvalue weighted by Crippen LogP contribution is -2.74. The van der Waals surface area contributed by atoms with Gasteiger partial charge in [0.15, 0.2) is 0 Å². The first-order valence-corrected chi connectivity index (χ1v) is 7.71. The van der Waals surface area contributed by atoms with Crippen molar-refractivity contribution in [3.8, 4) is 0 Å². The Kier molecular flexibility index (Phi) is 6.51. The van der Waals surface area contributed by atoms with E-state index in [-0.39, 0.29) is 0 Å². The van der Waals surface area contributed by atoms with Gasteiger partial charge in [0.25, 0.3) is 0 Å². The van der Waals surface area contributed by atoms with Gasteiger partial charge in [-0.1, -0.05) is 0 Å². The molecule has 1 rings (SSSR count). The molecule has 0 unspecified atom stereocenters. The number of hydrogen-bond donors (Lipinski definition) is 1. The largest absolute Gasteiger partial charge is 0.480 e. The smallest absolute Gasteiger partial charge is 0.460 e. The summed E-state index contributed by atoms with van der Waals surface area (Å²) in [6, 6.07) is -2.37. The van der Waals surface area contributed by atoms with Crippen LogP contribution in [0.15, 0.2) is 0 Å². The fraction of sp³-hybridized carbons (Fsp3) is 0.846. The quantitative estimate of drug-likeness (QED) is 0.515. The number of alkyl halides is 15. The number of nitrogens with zero attached hydrogens (tertiary/aromatic N) is 1. The average molecular weight is 511 g/mol. The normalized spacial score (nSPS) is 20.0. The van der Waals surface area contributed by atoms with Crippen LogP contribution in [-0.2, 0) is 9.59 Å². The van der Waals surface area contributed by atoms with Gasteiger partial charge in [-0.3, -0.25) is 4.79 Å². The minimum absolute atomic E-state index is 0.507. The lowest BCUT2D eigenvalue weighted by Gasteiger charge is -2.41. The van der Waals surface area contributed by atoms with Gasteiger partial charge in [0, 0.05) is 6.54 Å². The molecule has 0 bridgehead atoms. The van der Waals surface area contributed by atoms with Crippen molar-refractivity contribution >= 4 is 11.9 Å². The zero-order chi connectivity index (χ0) is 25.9. The molecule has 0 aromatic carbocycles. The Balaban J connectivity index is 3.55. The van der Waals surface area contributed by atoms with E-state index < -0.39 is 83.9 Å². The van der Waals surface area contributed by atoms with Gasteiger partial charge in [-0.25, -0.2) is 4.79 Å². The molecule has 1 atom stereocenters. The summed E-state index contributed by atoms with van der Waals surface area (Å²) in [6.07, 6.45) is -8.95. The molecule has 1 amide bonds. The number of rotatable bonds is 7. The number of carboxylic acid groups (broad SMARTS) is 1. The molecular weight excluding hydrogens is 503 g/mol. The molecule has 0 saturated carbocycles. The van der Waals surface area contributed by atoms with E-state index in [1.165, 1.54) is 0 Å². The molecule has 188 valence electrons. The summed E-state index contributed by atoms with van der Waals surface area (Å²) in [7, 11) is 0. The van der Waals surface area contributed by atoms with E-state index >= 15 is 0 Å². The molecule has 0 radical (unpaired) electrons. The molecule has 1 aliphatic rings. The molecule has 32 heavy (non-hydrogen) atoms. The third-order valence-electron chi connectivity index (χ3n) is 4.40. The minimum Gasteiger partial charge on any atom is -0.480 e. The van der Waals surface area contributed by atoms with Gasteiger partial charge in [-0.15, -0.1) is 0 Å². The monoisotopic (exact) mass is 511 g/mol. The van der Waals surface area contributed by atoms with Gasteiger partial charge in [-0.2, -0.15) is 65.9 Å². The molecule has 4 nitrogen and oxygen atoms in total. The van der Waals surface area contributed by atoms with Gasteiger partial charge in [0.2, 0.25) is 0 Å². The van der Waals surface area contributed by atoms with Crippen molar-refractivity contribution in [2.45, 2.75) is 60.6 Å². The molecular formula is C13H8F15NO3. The number of likely N-dealkylation sites (tertiary alicyclic amines) is 1. The second-order valence-corrected chi connectivity index (χ2v) is 6.44. The van der Waals surface area contributed by atoms with Gasteiger partial charge in [-0.05, 0) is 12.8 Å². The van der Waals surface area contributed by atoms with Crippen LogP contribution in [-0.4, -0.2) is 76.2 Å². The van der Waals surface area contributed by atoms with Crippen LogP contribution in [0.4, 0.5) is 65.9 Å². The second-order valence-electron chi connectivity index (χ2n) is 6.44. The first kappa shape index (κ1) is 27.9. The van der Waals surface area contributed by atoms with E-state index in [0.29, 0.717) is 0 Å². The molecule has 0 aromatic rings. The molecule has 0 aliphatic carbocycles. The highest BCUT2D eigenvalue weighted by atomic mass is 19.4. The third kappa shape index (κ3) is 3.50. The molecule has 1 heterocycles. The summed E-state index contributed by atoms with van der Waals surface area (Å²) in [5.74, 6) is -54.3. The Morgan fingerprint density at radius 3 is 1.41 bits per heavy atom.